The molecule has 0 saturated heterocycles. The standard InChI is InChI=1S/C6H14.2C2H5.CH2Cl2.Zn/c1-3-5-6-4-2;2*1-2;2-1-3;/h3-6H2,1-2H3;2*1H2,2H3;1H2;. The van der Waals surface area contributed by atoms with Gasteiger partial charge in [0, 0.05) is 0 Å². The molecular weight excluding hydrogens is 268 g/mol. The van der Waals surface area contributed by atoms with Crippen LogP contribution in [0.4, 0.5) is 0 Å². The van der Waals surface area contributed by atoms with Crippen LogP contribution >= 0.6 is 23.2 Å². The molecule has 0 spiro atoms. The van der Waals surface area contributed by atoms with Crippen LogP contribution in [-0.4, -0.2) is 5.34 Å². The second kappa shape index (κ2) is 29.2. The van der Waals surface area contributed by atoms with E-state index in [-0.39, 0.29) is 22.5 Å². The third kappa shape index (κ3) is 51.1. The van der Waals surface area contributed by atoms with E-state index in [1.807, 2.05) is 0 Å². The Balaban J connectivity index is -0.000000138. The average molecular weight is 295 g/mol. The summed E-state index contributed by atoms with van der Waals surface area (Å²) in [7, 11) is 0. The third-order valence-corrected chi connectivity index (χ3v) is 4.63. The first-order chi connectivity index (χ1) is 6.74. The van der Waals surface area contributed by atoms with Gasteiger partial charge in [0.2, 0.25) is 0 Å². The van der Waals surface area contributed by atoms with E-state index in [0.29, 0.717) is 0 Å². The van der Waals surface area contributed by atoms with E-state index in [2.05, 4.69) is 27.7 Å². The van der Waals surface area contributed by atoms with Crippen LogP contribution < -0.4 is 0 Å². The first kappa shape index (κ1) is 20.6. The van der Waals surface area contributed by atoms with Gasteiger partial charge in [-0.25, -0.2) is 0 Å². The Hall–Kier alpha value is 1.20. The SMILES string of the molecule is CCCCCC.C[CH2][Zn][CH2]C.ClCCl. The zero-order valence-electron chi connectivity index (χ0n) is 10.4. The summed E-state index contributed by atoms with van der Waals surface area (Å²) in [4.78, 5) is 0. The fourth-order valence-electron chi connectivity index (χ4n) is 0.854. The molecule has 0 fully saturated rings. The molecule has 0 aliphatic carbocycles. The largest absolute Gasteiger partial charge is 0.109 e. The Morgan fingerprint density at radius 1 is 0.786 bits per heavy atom. The molecule has 0 N–H and O–H groups in total. The quantitative estimate of drug-likeness (QED) is 0.334. The number of halogens is 2. The van der Waals surface area contributed by atoms with Crippen molar-refractivity contribution in [3.63, 3.8) is 0 Å². The minimum atomic E-state index is 0.0972. The van der Waals surface area contributed by atoms with Gasteiger partial charge in [-0.15, -0.1) is 23.2 Å². The number of hydrogen-bond acceptors (Lipinski definition) is 0. The predicted molar refractivity (Wildman–Crippen MR) is 67.4 cm³/mol. The van der Waals surface area contributed by atoms with Crippen LogP contribution in [0.5, 0.6) is 0 Å². The summed E-state index contributed by atoms with van der Waals surface area (Å²) in [6.07, 6.45) is 5.54. The molecule has 0 bridgehead atoms. The van der Waals surface area contributed by atoms with Gasteiger partial charge in [0.25, 0.3) is 0 Å². The van der Waals surface area contributed by atoms with Crippen LogP contribution in [0.1, 0.15) is 53.4 Å². The fourth-order valence-corrected chi connectivity index (χ4v) is 2.34. The van der Waals surface area contributed by atoms with Gasteiger partial charge >= 0.3 is 41.0 Å². The molecule has 14 heavy (non-hydrogen) atoms. The number of alkyl halides is 2. The maximum absolute atomic E-state index is 4.76. The summed E-state index contributed by atoms with van der Waals surface area (Å²) in [5, 5.41) is 3.26. The maximum atomic E-state index is 4.76. The van der Waals surface area contributed by atoms with Crippen molar-refractivity contribution < 1.29 is 17.1 Å². The van der Waals surface area contributed by atoms with Gasteiger partial charge in [-0.05, 0) is 0 Å². The van der Waals surface area contributed by atoms with Gasteiger partial charge in [0.05, 0.1) is 5.34 Å². The molecule has 0 atom stereocenters. The first-order valence-electron chi connectivity index (χ1n) is 5.86. The Morgan fingerprint density at radius 2 is 1.07 bits per heavy atom. The van der Waals surface area contributed by atoms with Crippen molar-refractivity contribution in [1.29, 1.82) is 0 Å². The van der Waals surface area contributed by atoms with Crippen molar-refractivity contribution in [3.05, 3.63) is 0 Å². The van der Waals surface area contributed by atoms with Crippen LogP contribution in [-0.2, 0) is 17.1 Å². The van der Waals surface area contributed by atoms with Gasteiger partial charge in [0.15, 0.2) is 0 Å². The summed E-state index contributed by atoms with van der Waals surface area (Å²) in [5.41, 5.74) is 0. The van der Waals surface area contributed by atoms with E-state index < -0.39 is 0 Å². The molecule has 0 heterocycles. The summed E-state index contributed by atoms with van der Waals surface area (Å²) < 4.78 is 0. The molecule has 0 nitrogen and oxygen atoms in total. The monoisotopic (exact) mass is 292 g/mol. The van der Waals surface area contributed by atoms with Gasteiger partial charge in [-0.3, -0.25) is 0 Å². The second-order valence-electron chi connectivity index (χ2n) is 3.16. The molecule has 86 valence electrons. The minimum Gasteiger partial charge on any atom is -0.109 e. The normalized spacial score (nSPS) is 7.57. The first-order valence-corrected chi connectivity index (χ1v) is 11.1. The second-order valence-corrected chi connectivity index (χ2v) is 9.65. The molecule has 0 amide bonds. The van der Waals surface area contributed by atoms with Crippen molar-refractivity contribution in [2.45, 2.75) is 63.4 Å². The molecule has 0 aromatic heterocycles. The van der Waals surface area contributed by atoms with Crippen molar-refractivity contribution in [2.24, 2.45) is 0 Å². The third-order valence-electron chi connectivity index (χ3n) is 1.66. The van der Waals surface area contributed by atoms with Gasteiger partial charge < -0.3 is 0 Å². The Labute approximate surface area is 109 Å². The van der Waals surface area contributed by atoms with Gasteiger partial charge in [-0.1, -0.05) is 39.5 Å². The Morgan fingerprint density at radius 3 is 1.14 bits per heavy atom. The molecule has 0 aromatic rings. The van der Waals surface area contributed by atoms with Crippen LogP contribution in [0.2, 0.25) is 10.0 Å². The molecule has 0 rings (SSSR count). The molecule has 0 aliphatic heterocycles. The van der Waals surface area contributed by atoms with Crippen molar-refractivity contribution in [1.82, 2.24) is 0 Å². The van der Waals surface area contributed by atoms with Crippen LogP contribution in [0.15, 0.2) is 0 Å². The predicted octanol–water partition coefficient (Wildman–Crippen LogP) is 5.95. The van der Waals surface area contributed by atoms with Crippen LogP contribution in [0.25, 0.3) is 0 Å². The molecule has 0 aromatic carbocycles. The number of rotatable bonds is 5. The molecular formula is C11H26Cl2Zn. The van der Waals surface area contributed by atoms with E-state index in [1.54, 1.807) is 0 Å². The summed E-state index contributed by atoms with van der Waals surface area (Å²) in [6.45, 7) is 9.05. The summed E-state index contributed by atoms with van der Waals surface area (Å²) in [6, 6.07) is 0. The molecule has 0 saturated carbocycles. The molecule has 0 unspecified atom stereocenters. The van der Waals surface area contributed by atoms with E-state index in [9.17, 15) is 0 Å². The Kier molecular flexibility index (Phi) is 43.0. The minimum absolute atomic E-state index is 0.0972. The van der Waals surface area contributed by atoms with Gasteiger partial charge in [-0.2, -0.15) is 0 Å². The van der Waals surface area contributed by atoms with Crippen molar-refractivity contribution >= 4 is 23.2 Å². The van der Waals surface area contributed by atoms with Gasteiger partial charge in [0.1, 0.15) is 0 Å². The molecule has 3 heteroatoms. The van der Waals surface area contributed by atoms with Crippen LogP contribution in [0.3, 0.4) is 0 Å². The van der Waals surface area contributed by atoms with Crippen molar-refractivity contribution in [3.8, 4) is 0 Å². The van der Waals surface area contributed by atoms with Crippen LogP contribution in [0, 0.1) is 0 Å². The van der Waals surface area contributed by atoms with E-state index >= 15 is 0 Å². The zero-order chi connectivity index (χ0) is 11.7. The maximum Gasteiger partial charge on any atom is 0.0967 e. The number of hydrogen-bond donors (Lipinski definition) is 0. The number of unbranched alkanes of at least 4 members (excludes halogenated alkanes) is 3. The Bertz CT molecular complexity index is 55.2. The smallest absolute Gasteiger partial charge is 0.0967 e. The average Bonchev–Trinajstić information content (AvgIpc) is 2.18. The summed E-state index contributed by atoms with van der Waals surface area (Å²) in [5.74, 6) is 0. The molecule has 0 radical (unpaired) electrons. The van der Waals surface area contributed by atoms with E-state index in [4.69, 9.17) is 23.2 Å². The molecule has 0 aliphatic rings. The summed E-state index contributed by atoms with van der Waals surface area (Å²) >= 11 is 9.62. The van der Waals surface area contributed by atoms with Crippen molar-refractivity contribution in [2.75, 3.05) is 5.34 Å². The van der Waals surface area contributed by atoms with E-state index in [0.717, 1.165) is 0 Å². The fraction of sp³-hybridized carbons (Fsp3) is 1.00. The zero-order valence-corrected chi connectivity index (χ0v) is 14.9. The van der Waals surface area contributed by atoms with E-state index in [1.165, 1.54) is 35.7 Å². The topological polar surface area (TPSA) is 0 Å².